The molecule has 2 unspecified atom stereocenters. The van der Waals surface area contributed by atoms with Crippen LogP contribution in [0, 0.1) is 10.1 Å². The first-order valence-electron chi connectivity index (χ1n) is 6.54. The fourth-order valence-electron chi connectivity index (χ4n) is 2.08. The molecule has 0 saturated carbocycles. The van der Waals surface area contributed by atoms with E-state index >= 15 is 0 Å². The molecule has 0 aliphatic carbocycles. The van der Waals surface area contributed by atoms with Gasteiger partial charge in [-0.25, -0.2) is 0 Å². The number of nitro groups is 1. The Morgan fingerprint density at radius 2 is 1.56 bits per heavy atom. The minimum Gasteiger partial charge on any atom is -0.366 e. The molecule has 2 atom stereocenters. The van der Waals surface area contributed by atoms with Crippen molar-refractivity contribution in [1.82, 2.24) is 0 Å². The molecule has 0 heterocycles. The molecule has 0 amide bonds. The topological polar surface area (TPSA) is 46.4 Å². The molecule has 0 aromatic heterocycles. The number of benzene rings is 1. The molecule has 100 valence electrons. The minimum absolute atomic E-state index is 0.145. The van der Waals surface area contributed by atoms with Crippen LogP contribution in [0.3, 0.4) is 0 Å². The normalized spacial score (nSPS) is 14.0. The number of anilines is 1. The molecule has 4 nitrogen and oxygen atoms in total. The van der Waals surface area contributed by atoms with E-state index < -0.39 is 0 Å². The van der Waals surface area contributed by atoms with Crippen LogP contribution in [0.1, 0.15) is 40.5 Å². The van der Waals surface area contributed by atoms with Crippen molar-refractivity contribution in [2.24, 2.45) is 0 Å². The second kappa shape index (κ2) is 6.38. The van der Waals surface area contributed by atoms with Crippen LogP contribution in [0.25, 0.3) is 0 Å². The molecular weight excluding hydrogens is 228 g/mol. The van der Waals surface area contributed by atoms with Gasteiger partial charge in [0, 0.05) is 29.9 Å². The highest BCUT2D eigenvalue weighted by Crippen LogP contribution is 2.25. The Morgan fingerprint density at radius 1 is 1.11 bits per heavy atom. The average molecular weight is 250 g/mol. The van der Waals surface area contributed by atoms with Gasteiger partial charge in [-0.15, -0.1) is 0 Å². The Labute approximate surface area is 109 Å². The van der Waals surface area contributed by atoms with E-state index in [0.717, 1.165) is 18.5 Å². The number of non-ortho nitro benzene ring substituents is 1. The molecule has 0 spiro atoms. The van der Waals surface area contributed by atoms with Gasteiger partial charge in [0.2, 0.25) is 0 Å². The van der Waals surface area contributed by atoms with Crippen molar-refractivity contribution in [1.29, 1.82) is 0 Å². The highest BCUT2D eigenvalue weighted by atomic mass is 16.6. The molecule has 1 aromatic rings. The molecule has 0 radical (unpaired) electrons. The number of rotatable bonds is 6. The van der Waals surface area contributed by atoms with Crippen LogP contribution in [-0.2, 0) is 0 Å². The van der Waals surface area contributed by atoms with Gasteiger partial charge in [-0.2, -0.15) is 0 Å². The molecule has 0 N–H and O–H groups in total. The number of nitro benzene ring substituents is 1. The molecular formula is C14H22N2O2. The van der Waals surface area contributed by atoms with Crippen LogP contribution >= 0.6 is 0 Å². The van der Waals surface area contributed by atoms with Gasteiger partial charge in [-0.05, 0) is 38.8 Å². The van der Waals surface area contributed by atoms with E-state index in [9.17, 15) is 10.1 Å². The molecule has 1 aromatic carbocycles. The first-order valence-corrected chi connectivity index (χ1v) is 6.54. The third kappa shape index (κ3) is 3.22. The third-order valence-electron chi connectivity index (χ3n) is 3.49. The Bertz CT molecular complexity index is 379. The molecule has 0 fully saturated rings. The molecule has 1 rings (SSSR count). The lowest BCUT2D eigenvalue weighted by atomic mass is 10.1. The van der Waals surface area contributed by atoms with E-state index in [2.05, 4.69) is 32.6 Å². The van der Waals surface area contributed by atoms with Gasteiger partial charge >= 0.3 is 0 Å². The van der Waals surface area contributed by atoms with Gasteiger partial charge in [-0.3, -0.25) is 10.1 Å². The fourth-order valence-corrected chi connectivity index (χ4v) is 2.08. The van der Waals surface area contributed by atoms with Gasteiger partial charge in [-0.1, -0.05) is 13.8 Å². The van der Waals surface area contributed by atoms with Gasteiger partial charge in [0.1, 0.15) is 0 Å². The van der Waals surface area contributed by atoms with Gasteiger partial charge in [0.25, 0.3) is 5.69 Å². The van der Waals surface area contributed by atoms with Crippen LogP contribution in [0.2, 0.25) is 0 Å². The van der Waals surface area contributed by atoms with Crippen molar-refractivity contribution in [3.63, 3.8) is 0 Å². The summed E-state index contributed by atoms with van der Waals surface area (Å²) >= 11 is 0. The third-order valence-corrected chi connectivity index (χ3v) is 3.49. The summed E-state index contributed by atoms with van der Waals surface area (Å²) in [6.07, 6.45) is 2.11. The molecule has 0 aliphatic rings. The summed E-state index contributed by atoms with van der Waals surface area (Å²) < 4.78 is 0. The summed E-state index contributed by atoms with van der Waals surface area (Å²) in [4.78, 5) is 12.6. The second-order valence-corrected chi connectivity index (χ2v) is 4.70. The predicted octanol–water partition coefficient (Wildman–Crippen LogP) is 4.00. The zero-order valence-corrected chi connectivity index (χ0v) is 11.6. The largest absolute Gasteiger partial charge is 0.366 e. The lowest BCUT2D eigenvalue weighted by molar-refractivity contribution is -0.384. The Kier molecular flexibility index (Phi) is 5.13. The Balaban J connectivity index is 3.02. The molecule has 18 heavy (non-hydrogen) atoms. The number of hydrogen-bond acceptors (Lipinski definition) is 3. The number of hydrogen-bond donors (Lipinski definition) is 0. The van der Waals surface area contributed by atoms with Crippen molar-refractivity contribution in [2.45, 2.75) is 52.6 Å². The maximum atomic E-state index is 10.7. The molecule has 0 saturated heterocycles. The highest BCUT2D eigenvalue weighted by molar-refractivity contribution is 5.52. The summed E-state index contributed by atoms with van der Waals surface area (Å²) in [6.45, 7) is 8.69. The zero-order valence-electron chi connectivity index (χ0n) is 11.6. The summed E-state index contributed by atoms with van der Waals surface area (Å²) in [7, 11) is 0. The first kappa shape index (κ1) is 14.5. The molecule has 0 bridgehead atoms. The predicted molar refractivity (Wildman–Crippen MR) is 75.1 cm³/mol. The summed E-state index contributed by atoms with van der Waals surface area (Å²) in [5.41, 5.74) is 1.20. The monoisotopic (exact) mass is 250 g/mol. The molecule has 4 heteroatoms. The van der Waals surface area contributed by atoms with Crippen LogP contribution in [0.5, 0.6) is 0 Å². The number of nitrogens with zero attached hydrogens (tertiary/aromatic N) is 2. The van der Waals surface area contributed by atoms with Gasteiger partial charge < -0.3 is 4.90 Å². The van der Waals surface area contributed by atoms with E-state index in [4.69, 9.17) is 0 Å². The van der Waals surface area contributed by atoms with E-state index in [1.807, 2.05) is 12.1 Å². The lowest BCUT2D eigenvalue weighted by Crippen LogP contribution is -2.39. The van der Waals surface area contributed by atoms with Crippen molar-refractivity contribution >= 4 is 11.4 Å². The van der Waals surface area contributed by atoms with E-state index in [-0.39, 0.29) is 10.6 Å². The van der Waals surface area contributed by atoms with E-state index in [1.165, 1.54) is 0 Å². The van der Waals surface area contributed by atoms with Crippen LogP contribution in [0.4, 0.5) is 11.4 Å². The van der Waals surface area contributed by atoms with E-state index in [1.54, 1.807) is 12.1 Å². The quantitative estimate of drug-likeness (QED) is 0.566. The van der Waals surface area contributed by atoms with Crippen molar-refractivity contribution < 1.29 is 4.92 Å². The van der Waals surface area contributed by atoms with Crippen molar-refractivity contribution in [3.8, 4) is 0 Å². The van der Waals surface area contributed by atoms with E-state index in [0.29, 0.717) is 12.1 Å². The zero-order chi connectivity index (χ0) is 13.7. The molecule has 0 aliphatic heterocycles. The lowest BCUT2D eigenvalue weighted by Gasteiger charge is -2.36. The van der Waals surface area contributed by atoms with Crippen LogP contribution < -0.4 is 4.90 Å². The van der Waals surface area contributed by atoms with Crippen molar-refractivity contribution in [2.75, 3.05) is 4.90 Å². The maximum Gasteiger partial charge on any atom is 0.269 e. The van der Waals surface area contributed by atoms with Crippen LogP contribution in [-0.4, -0.2) is 17.0 Å². The van der Waals surface area contributed by atoms with Gasteiger partial charge in [0.05, 0.1) is 4.92 Å². The highest BCUT2D eigenvalue weighted by Gasteiger charge is 2.18. The standard InChI is InChI=1S/C14H22N2O2/c1-5-11(3)15(12(4)6-2)13-7-9-14(10-8-13)16(17)18/h7-12H,5-6H2,1-4H3. The Hall–Kier alpha value is -1.58. The first-order chi connectivity index (χ1) is 8.51. The summed E-state index contributed by atoms with van der Waals surface area (Å²) in [5.74, 6) is 0. The maximum absolute atomic E-state index is 10.7. The van der Waals surface area contributed by atoms with Crippen molar-refractivity contribution in [3.05, 3.63) is 34.4 Å². The van der Waals surface area contributed by atoms with Gasteiger partial charge in [0.15, 0.2) is 0 Å². The smallest absolute Gasteiger partial charge is 0.269 e. The SMILES string of the molecule is CCC(C)N(c1ccc([N+](=O)[O-])cc1)C(C)CC. The summed E-state index contributed by atoms with van der Waals surface area (Å²) in [6, 6.07) is 7.70. The second-order valence-electron chi connectivity index (χ2n) is 4.70. The van der Waals surface area contributed by atoms with Crippen LogP contribution in [0.15, 0.2) is 24.3 Å². The average Bonchev–Trinajstić information content (AvgIpc) is 2.39. The Morgan fingerprint density at radius 3 is 1.89 bits per heavy atom. The minimum atomic E-state index is -0.360. The fraction of sp³-hybridized carbons (Fsp3) is 0.571. The summed E-state index contributed by atoms with van der Waals surface area (Å²) in [5, 5.41) is 10.7.